The summed E-state index contributed by atoms with van der Waals surface area (Å²) in [5.74, 6) is 1.07. The Morgan fingerprint density at radius 1 is 1.37 bits per heavy atom. The van der Waals surface area contributed by atoms with Crippen molar-refractivity contribution in [3.05, 3.63) is 24.3 Å². The lowest BCUT2D eigenvalue weighted by atomic mass is 9.74. The summed E-state index contributed by atoms with van der Waals surface area (Å²) in [5, 5.41) is 9.19. The van der Waals surface area contributed by atoms with Crippen LogP contribution in [0.2, 0.25) is 0 Å². The molecule has 0 radical (unpaired) electrons. The van der Waals surface area contributed by atoms with E-state index in [9.17, 15) is 5.26 Å². The van der Waals surface area contributed by atoms with Gasteiger partial charge < -0.3 is 9.64 Å². The first-order valence-corrected chi connectivity index (χ1v) is 6.94. The van der Waals surface area contributed by atoms with E-state index >= 15 is 0 Å². The van der Waals surface area contributed by atoms with Gasteiger partial charge in [0, 0.05) is 18.8 Å². The summed E-state index contributed by atoms with van der Waals surface area (Å²) < 4.78 is 5.46. The average molecular weight is 258 g/mol. The fourth-order valence-electron chi connectivity index (χ4n) is 2.74. The Balaban J connectivity index is 2.09. The quantitative estimate of drug-likeness (QED) is 0.833. The summed E-state index contributed by atoms with van der Waals surface area (Å²) >= 11 is 0. The molecule has 1 aromatic carbocycles. The fraction of sp³-hybridized carbons (Fsp3) is 0.562. The molecule has 0 spiro atoms. The lowest BCUT2D eigenvalue weighted by Crippen LogP contribution is -2.45. The Morgan fingerprint density at radius 3 is 2.58 bits per heavy atom. The lowest BCUT2D eigenvalue weighted by Gasteiger charge is -2.42. The molecule has 1 heterocycles. The first-order chi connectivity index (χ1) is 9.06. The van der Waals surface area contributed by atoms with Gasteiger partial charge in [0.15, 0.2) is 0 Å². The van der Waals surface area contributed by atoms with Crippen LogP contribution in [0.3, 0.4) is 0 Å². The van der Waals surface area contributed by atoms with Crippen molar-refractivity contribution in [2.24, 2.45) is 11.3 Å². The summed E-state index contributed by atoms with van der Waals surface area (Å²) in [7, 11) is 0. The van der Waals surface area contributed by atoms with Crippen LogP contribution in [0.25, 0.3) is 0 Å². The van der Waals surface area contributed by atoms with Gasteiger partial charge in [-0.3, -0.25) is 0 Å². The second-order valence-electron chi connectivity index (χ2n) is 5.81. The molecule has 1 atom stereocenters. The van der Waals surface area contributed by atoms with Gasteiger partial charge >= 0.3 is 0 Å². The number of nitrogens with zero attached hydrogens (tertiary/aromatic N) is 2. The van der Waals surface area contributed by atoms with Crippen LogP contribution in [-0.2, 0) is 0 Å². The highest BCUT2D eigenvalue weighted by atomic mass is 16.5. The van der Waals surface area contributed by atoms with E-state index in [1.165, 1.54) is 5.69 Å². The largest absolute Gasteiger partial charge is 0.494 e. The maximum Gasteiger partial charge on any atom is 0.119 e. The first-order valence-electron chi connectivity index (χ1n) is 6.94. The van der Waals surface area contributed by atoms with Crippen molar-refractivity contribution in [3.63, 3.8) is 0 Å². The lowest BCUT2D eigenvalue weighted by molar-refractivity contribution is 0.226. The van der Waals surface area contributed by atoms with Crippen LogP contribution in [0.1, 0.15) is 27.2 Å². The van der Waals surface area contributed by atoms with Gasteiger partial charge in [-0.2, -0.15) is 5.26 Å². The monoisotopic (exact) mass is 258 g/mol. The van der Waals surface area contributed by atoms with E-state index in [1.807, 2.05) is 19.1 Å². The number of anilines is 1. The van der Waals surface area contributed by atoms with E-state index in [0.717, 1.165) is 25.3 Å². The van der Waals surface area contributed by atoms with Crippen molar-refractivity contribution in [1.82, 2.24) is 0 Å². The molecule has 2 rings (SSSR count). The van der Waals surface area contributed by atoms with Gasteiger partial charge in [0.1, 0.15) is 5.75 Å². The molecular formula is C16H22N2O. The zero-order valence-electron chi connectivity index (χ0n) is 12.0. The van der Waals surface area contributed by atoms with Gasteiger partial charge in [0.25, 0.3) is 0 Å². The van der Waals surface area contributed by atoms with Crippen molar-refractivity contribution in [3.8, 4) is 11.8 Å². The van der Waals surface area contributed by atoms with Gasteiger partial charge in [0.05, 0.1) is 18.6 Å². The van der Waals surface area contributed by atoms with Gasteiger partial charge in [-0.25, -0.2) is 0 Å². The maximum atomic E-state index is 9.19. The Morgan fingerprint density at radius 2 is 2.05 bits per heavy atom. The van der Waals surface area contributed by atoms with Crippen molar-refractivity contribution in [2.45, 2.75) is 27.2 Å². The minimum atomic E-state index is 0.0472. The highest BCUT2D eigenvalue weighted by Crippen LogP contribution is 2.36. The van der Waals surface area contributed by atoms with Crippen LogP contribution >= 0.6 is 0 Å². The minimum Gasteiger partial charge on any atom is -0.494 e. The van der Waals surface area contributed by atoms with Crippen LogP contribution in [0.15, 0.2) is 24.3 Å². The Labute approximate surface area is 115 Å². The van der Waals surface area contributed by atoms with Gasteiger partial charge in [-0.05, 0) is 43.0 Å². The Kier molecular flexibility index (Phi) is 3.99. The summed E-state index contributed by atoms with van der Waals surface area (Å²) in [6.45, 7) is 8.93. The van der Waals surface area contributed by atoms with Crippen LogP contribution < -0.4 is 9.64 Å². The van der Waals surface area contributed by atoms with Crippen molar-refractivity contribution in [1.29, 1.82) is 5.26 Å². The van der Waals surface area contributed by atoms with Crippen molar-refractivity contribution >= 4 is 5.69 Å². The molecular weight excluding hydrogens is 236 g/mol. The number of ether oxygens (including phenoxy) is 1. The summed E-state index contributed by atoms with van der Waals surface area (Å²) in [6, 6.07) is 10.7. The fourth-order valence-corrected chi connectivity index (χ4v) is 2.74. The van der Waals surface area contributed by atoms with Crippen molar-refractivity contribution < 1.29 is 4.74 Å². The first kappa shape index (κ1) is 13.7. The highest BCUT2D eigenvalue weighted by molar-refractivity contribution is 5.49. The molecule has 0 aromatic heterocycles. The number of benzene rings is 1. The summed E-state index contributed by atoms with van der Waals surface area (Å²) in [4.78, 5) is 2.36. The molecule has 0 amide bonds. The summed E-state index contributed by atoms with van der Waals surface area (Å²) in [6.07, 6.45) is 0.941. The SMILES string of the molecule is CCOc1ccc(N2CCC(C#N)C(C)(C)C2)cc1. The van der Waals surface area contributed by atoms with E-state index < -0.39 is 0 Å². The van der Waals surface area contributed by atoms with E-state index in [1.54, 1.807) is 0 Å². The molecule has 19 heavy (non-hydrogen) atoms. The molecule has 0 bridgehead atoms. The minimum absolute atomic E-state index is 0.0472. The normalized spacial score (nSPS) is 21.8. The van der Waals surface area contributed by atoms with Crippen LogP contribution in [0.5, 0.6) is 5.75 Å². The van der Waals surface area contributed by atoms with E-state index in [0.29, 0.717) is 6.61 Å². The zero-order chi connectivity index (χ0) is 13.9. The molecule has 0 aliphatic carbocycles. The summed E-state index contributed by atoms with van der Waals surface area (Å²) in [5.41, 5.74) is 1.26. The molecule has 102 valence electrons. The van der Waals surface area contributed by atoms with E-state index in [-0.39, 0.29) is 11.3 Å². The third kappa shape index (κ3) is 3.01. The molecule has 1 unspecified atom stereocenters. The van der Waals surface area contributed by atoms with Crippen LogP contribution in [0.4, 0.5) is 5.69 Å². The molecule has 1 aromatic rings. The predicted molar refractivity (Wildman–Crippen MR) is 77.3 cm³/mol. The maximum absolute atomic E-state index is 9.19. The molecule has 1 aliphatic heterocycles. The van der Waals surface area contributed by atoms with Crippen molar-refractivity contribution in [2.75, 3.05) is 24.6 Å². The molecule has 1 fully saturated rings. The second kappa shape index (κ2) is 5.52. The second-order valence-corrected chi connectivity index (χ2v) is 5.81. The third-order valence-corrected chi connectivity index (χ3v) is 3.90. The number of nitriles is 1. The van der Waals surface area contributed by atoms with Crippen LogP contribution in [-0.4, -0.2) is 19.7 Å². The smallest absolute Gasteiger partial charge is 0.119 e. The molecule has 1 saturated heterocycles. The van der Waals surface area contributed by atoms with Gasteiger partial charge in [0.2, 0.25) is 0 Å². The zero-order valence-corrected chi connectivity index (χ0v) is 12.0. The topological polar surface area (TPSA) is 36.3 Å². The number of rotatable bonds is 3. The number of hydrogen-bond acceptors (Lipinski definition) is 3. The Hall–Kier alpha value is -1.69. The van der Waals surface area contributed by atoms with Gasteiger partial charge in [-0.1, -0.05) is 13.8 Å². The number of piperidine rings is 1. The van der Waals surface area contributed by atoms with Crippen LogP contribution in [0, 0.1) is 22.7 Å². The standard InChI is InChI=1S/C16H22N2O/c1-4-19-15-7-5-14(6-8-15)18-10-9-13(11-17)16(2,3)12-18/h5-8,13H,4,9-10,12H2,1-3H3. The number of hydrogen-bond donors (Lipinski definition) is 0. The predicted octanol–water partition coefficient (Wildman–Crippen LogP) is 3.46. The van der Waals surface area contributed by atoms with E-state index in [2.05, 4.69) is 36.9 Å². The molecule has 1 aliphatic rings. The molecule has 0 N–H and O–H groups in total. The van der Waals surface area contributed by atoms with E-state index in [4.69, 9.17) is 4.74 Å². The average Bonchev–Trinajstić information content (AvgIpc) is 2.39. The molecule has 3 nitrogen and oxygen atoms in total. The Bertz CT molecular complexity index is 459. The molecule has 3 heteroatoms. The third-order valence-electron chi connectivity index (χ3n) is 3.90. The molecule has 0 saturated carbocycles. The highest BCUT2D eigenvalue weighted by Gasteiger charge is 2.35. The van der Waals surface area contributed by atoms with Gasteiger partial charge in [-0.15, -0.1) is 0 Å².